The number of methoxy groups -OCH3 is 1. The highest BCUT2D eigenvalue weighted by atomic mass is 16.5. The predicted octanol–water partition coefficient (Wildman–Crippen LogP) is 1.34. The molecule has 0 saturated carbocycles. The van der Waals surface area contributed by atoms with Crippen molar-refractivity contribution in [2.24, 2.45) is 5.73 Å². The number of nitrogen functional groups attached to an aromatic ring is 2. The Kier molecular flexibility index (Phi) is 5.76. The van der Waals surface area contributed by atoms with Crippen molar-refractivity contribution in [1.29, 1.82) is 0 Å². The lowest BCUT2D eigenvalue weighted by atomic mass is 10.2. The Morgan fingerprint density at radius 1 is 1.00 bits per heavy atom. The Bertz CT molecular complexity index is 669. The first kappa shape index (κ1) is 16.8. The molecule has 0 fully saturated rings. The number of aromatic carboxylic acids is 1. The molecule has 2 rings (SSSR count). The Morgan fingerprint density at radius 2 is 1.55 bits per heavy atom. The largest absolute Gasteiger partial charge is 0.495 e. The van der Waals surface area contributed by atoms with Gasteiger partial charge in [0.05, 0.1) is 18.4 Å². The number of hydrogen-bond acceptors (Lipinski definition) is 5. The average molecular weight is 303 g/mol. The van der Waals surface area contributed by atoms with Gasteiger partial charge in [0.25, 0.3) is 0 Å². The molecular weight excluding hydrogens is 286 g/mol. The van der Waals surface area contributed by atoms with E-state index in [1.165, 1.54) is 25.3 Å². The molecule has 22 heavy (non-hydrogen) atoms. The second-order valence-electron chi connectivity index (χ2n) is 4.25. The second kappa shape index (κ2) is 7.53. The van der Waals surface area contributed by atoms with Gasteiger partial charge in [-0.2, -0.15) is 0 Å². The highest BCUT2D eigenvalue weighted by molar-refractivity contribution is 5.94. The fraction of sp³-hybridized carbons (Fsp3) is 0.0667. The quantitative estimate of drug-likeness (QED) is 0.630. The number of anilines is 2. The van der Waals surface area contributed by atoms with Crippen LogP contribution in [0.1, 0.15) is 20.7 Å². The molecular formula is C15H17N3O4. The first-order valence-corrected chi connectivity index (χ1v) is 6.17. The summed E-state index contributed by atoms with van der Waals surface area (Å²) in [4.78, 5) is 21.0. The minimum Gasteiger partial charge on any atom is -0.495 e. The summed E-state index contributed by atoms with van der Waals surface area (Å²) in [6.07, 6.45) is 0. The van der Waals surface area contributed by atoms with Crippen LogP contribution in [-0.4, -0.2) is 24.1 Å². The zero-order valence-corrected chi connectivity index (χ0v) is 11.9. The Balaban J connectivity index is 0.000000224. The van der Waals surface area contributed by atoms with Crippen LogP contribution in [0.15, 0.2) is 42.5 Å². The lowest BCUT2D eigenvalue weighted by molar-refractivity contribution is 0.0696. The van der Waals surface area contributed by atoms with Crippen LogP contribution in [0, 0.1) is 0 Å². The van der Waals surface area contributed by atoms with Crippen LogP contribution in [0.25, 0.3) is 0 Å². The van der Waals surface area contributed by atoms with Gasteiger partial charge in [0.1, 0.15) is 5.75 Å². The molecule has 7 N–H and O–H groups in total. The van der Waals surface area contributed by atoms with Gasteiger partial charge in [-0.05, 0) is 42.5 Å². The number of carboxylic acid groups (broad SMARTS) is 1. The van der Waals surface area contributed by atoms with E-state index < -0.39 is 11.9 Å². The van der Waals surface area contributed by atoms with Crippen molar-refractivity contribution in [1.82, 2.24) is 0 Å². The zero-order chi connectivity index (χ0) is 16.7. The molecule has 0 aliphatic rings. The van der Waals surface area contributed by atoms with E-state index in [1.54, 1.807) is 24.3 Å². The van der Waals surface area contributed by atoms with Gasteiger partial charge in [-0.25, -0.2) is 4.79 Å². The maximum absolute atomic E-state index is 10.7. The van der Waals surface area contributed by atoms with Crippen molar-refractivity contribution in [3.05, 3.63) is 53.6 Å². The Labute approximate surface area is 127 Å². The van der Waals surface area contributed by atoms with Gasteiger partial charge in [0.15, 0.2) is 0 Å². The summed E-state index contributed by atoms with van der Waals surface area (Å²) in [6, 6.07) is 10.7. The molecule has 0 bridgehead atoms. The van der Waals surface area contributed by atoms with Gasteiger partial charge in [0, 0.05) is 11.3 Å². The Morgan fingerprint density at radius 3 is 1.95 bits per heavy atom. The number of rotatable bonds is 3. The van der Waals surface area contributed by atoms with Crippen LogP contribution in [0.2, 0.25) is 0 Å². The van der Waals surface area contributed by atoms with E-state index in [1.807, 2.05) is 0 Å². The Hall–Kier alpha value is -3.22. The summed E-state index contributed by atoms with van der Waals surface area (Å²) < 4.78 is 4.90. The van der Waals surface area contributed by atoms with Crippen LogP contribution < -0.4 is 21.9 Å². The molecule has 0 unspecified atom stereocenters. The molecule has 0 aliphatic heterocycles. The molecule has 0 atom stereocenters. The number of ether oxygens (including phenoxy) is 1. The van der Waals surface area contributed by atoms with Crippen molar-refractivity contribution in [3.63, 3.8) is 0 Å². The summed E-state index contributed by atoms with van der Waals surface area (Å²) in [6.45, 7) is 0. The third-order valence-electron chi connectivity index (χ3n) is 2.67. The van der Waals surface area contributed by atoms with E-state index in [0.29, 0.717) is 22.7 Å². The van der Waals surface area contributed by atoms with E-state index in [4.69, 9.17) is 27.0 Å². The molecule has 2 aromatic carbocycles. The number of carboxylic acids is 1. The molecule has 0 saturated heterocycles. The predicted molar refractivity (Wildman–Crippen MR) is 83.7 cm³/mol. The molecule has 0 aromatic heterocycles. The molecule has 1 amide bonds. The van der Waals surface area contributed by atoms with Crippen LogP contribution in [0.5, 0.6) is 5.75 Å². The van der Waals surface area contributed by atoms with Gasteiger partial charge in [0.2, 0.25) is 5.91 Å². The summed E-state index contributed by atoms with van der Waals surface area (Å²) >= 11 is 0. The highest BCUT2D eigenvalue weighted by Gasteiger charge is 2.03. The molecule has 0 aliphatic carbocycles. The van der Waals surface area contributed by atoms with Gasteiger partial charge in [-0.15, -0.1) is 0 Å². The standard InChI is InChI=1S/C8H10N2O2.C7H7NO2/c1-12-7-3-2-5(8(10)11)4-6(7)9;8-6-3-1-5(2-4-6)7(9)10/h2-4H,9H2,1H3,(H2,10,11);1-4H,8H2,(H,9,10). The fourth-order valence-corrected chi connectivity index (χ4v) is 1.51. The minimum absolute atomic E-state index is 0.259. The van der Waals surface area contributed by atoms with Crippen molar-refractivity contribution < 1.29 is 19.4 Å². The van der Waals surface area contributed by atoms with Crippen molar-refractivity contribution in [2.45, 2.75) is 0 Å². The first-order valence-electron chi connectivity index (χ1n) is 6.17. The van der Waals surface area contributed by atoms with Crippen LogP contribution in [-0.2, 0) is 0 Å². The number of primary amides is 1. The van der Waals surface area contributed by atoms with Gasteiger partial charge in [-0.3, -0.25) is 4.79 Å². The molecule has 116 valence electrons. The molecule has 7 nitrogen and oxygen atoms in total. The normalized spacial score (nSPS) is 9.32. The number of hydrogen-bond donors (Lipinski definition) is 4. The third kappa shape index (κ3) is 4.71. The first-order chi connectivity index (χ1) is 10.3. The molecule has 0 radical (unpaired) electrons. The molecule has 0 spiro atoms. The van der Waals surface area contributed by atoms with Gasteiger partial charge in [-0.1, -0.05) is 0 Å². The SMILES string of the molecule is COc1ccc(C(N)=O)cc1N.Nc1ccc(C(=O)O)cc1. The van der Waals surface area contributed by atoms with E-state index in [0.717, 1.165) is 0 Å². The average Bonchev–Trinajstić information content (AvgIpc) is 2.48. The summed E-state index contributed by atoms with van der Waals surface area (Å²) in [5.41, 5.74) is 17.5. The summed E-state index contributed by atoms with van der Waals surface area (Å²) in [7, 11) is 1.51. The highest BCUT2D eigenvalue weighted by Crippen LogP contribution is 2.21. The van der Waals surface area contributed by atoms with E-state index >= 15 is 0 Å². The molecule has 2 aromatic rings. The second-order valence-corrected chi connectivity index (χ2v) is 4.25. The molecule has 0 heterocycles. The lowest BCUT2D eigenvalue weighted by Crippen LogP contribution is -2.11. The van der Waals surface area contributed by atoms with E-state index in [2.05, 4.69) is 0 Å². The summed E-state index contributed by atoms with van der Waals surface area (Å²) in [5.74, 6) is -0.885. The smallest absolute Gasteiger partial charge is 0.335 e. The lowest BCUT2D eigenvalue weighted by Gasteiger charge is -2.04. The van der Waals surface area contributed by atoms with Crippen molar-refractivity contribution in [3.8, 4) is 5.75 Å². The number of benzene rings is 2. The zero-order valence-electron chi connectivity index (χ0n) is 11.9. The van der Waals surface area contributed by atoms with E-state index in [9.17, 15) is 9.59 Å². The molecule has 7 heteroatoms. The maximum atomic E-state index is 10.7. The number of amides is 1. The summed E-state index contributed by atoms with van der Waals surface area (Å²) in [5, 5.41) is 8.43. The maximum Gasteiger partial charge on any atom is 0.335 e. The van der Waals surface area contributed by atoms with Crippen LogP contribution in [0.4, 0.5) is 11.4 Å². The van der Waals surface area contributed by atoms with Gasteiger partial charge < -0.3 is 27.0 Å². The number of carbonyl (C=O) groups is 2. The van der Waals surface area contributed by atoms with Crippen molar-refractivity contribution in [2.75, 3.05) is 18.6 Å². The monoisotopic (exact) mass is 303 g/mol. The van der Waals surface area contributed by atoms with E-state index in [-0.39, 0.29) is 5.56 Å². The topological polar surface area (TPSA) is 142 Å². The third-order valence-corrected chi connectivity index (χ3v) is 2.67. The minimum atomic E-state index is -0.931. The number of nitrogens with two attached hydrogens (primary N) is 3. The van der Waals surface area contributed by atoms with Crippen LogP contribution >= 0.6 is 0 Å². The number of carbonyl (C=O) groups excluding carboxylic acids is 1. The fourth-order valence-electron chi connectivity index (χ4n) is 1.51. The van der Waals surface area contributed by atoms with Gasteiger partial charge >= 0.3 is 5.97 Å². The van der Waals surface area contributed by atoms with Crippen LogP contribution in [0.3, 0.4) is 0 Å². The van der Waals surface area contributed by atoms with Crippen molar-refractivity contribution >= 4 is 23.3 Å².